The molecule has 0 aliphatic rings. The highest BCUT2D eigenvalue weighted by atomic mass is 16.4. The summed E-state index contributed by atoms with van der Waals surface area (Å²) in [6.45, 7) is 0.256. The minimum absolute atomic E-state index is 0.0984. The molecule has 0 fully saturated rings. The van der Waals surface area contributed by atoms with Crippen molar-refractivity contribution in [3.05, 3.63) is 0 Å². The van der Waals surface area contributed by atoms with E-state index in [-0.39, 0.29) is 38.2 Å². The van der Waals surface area contributed by atoms with Gasteiger partial charge >= 0.3 is 5.97 Å². The predicted octanol–water partition coefficient (Wildman–Crippen LogP) is -4.05. The summed E-state index contributed by atoms with van der Waals surface area (Å²) in [5.74, 6) is -4.44. The largest absolute Gasteiger partial charge is 0.481 e. The Hall–Kier alpha value is -3.42. The van der Waals surface area contributed by atoms with Crippen molar-refractivity contribution in [3.63, 3.8) is 0 Å². The highest BCUT2D eigenvalue weighted by Gasteiger charge is 2.27. The van der Waals surface area contributed by atoms with Crippen LogP contribution < -0.4 is 39.3 Å². The zero-order valence-electron chi connectivity index (χ0n) is 16.5. The molecule has 0 bridgehead atoms. The van der Waals surface area contributed by atoms with E-state index in [4.69, 9.17) is 33.8 Å². The van der Waals surface area contributed by atoms with E-state index in [1.165, 1.54) is 0 Å². The smallest absolute Gasteiger partial charge is 0.303 e. The molecule has 4 amide bonds. The third-order valence-electron chi connectivity index (χ3n) is 3.92. The Morgan fingerprint density at radius 3 is 1.90 bits per heavy atom. The average molecular weight is 430 g/mol. The molecule has 13 N–H and O–H groups in total. The monoisotopic (exact) mass is 430 g/mol. The van der Waals surface area contributed by atoms with Crippen molar-refractivity contribution in [1.29, 1.82) is 0 Å². The molecule has 0 saturated heterocycles. The molecule has 0 radical (unpaired) electrons. The van der Waals surface area contributed by atoms with Crippen LogP contribution in [-0.4, -0.2) is 65.3 Å². The first-order valence-electron chi connectivity index (χ1n) is 9.15. The van der Waals surface area contributed by atoms with Gasteiger partial charge in [-0.15, -0.1) is 0 Å². The van der Waals surface area contributed by atoms with Gasteiger partial charge in [0.25, 0.3) is 0 Å². The predicted molar refractivity (Wildman–Crippen MR) is 106 cm³/mol. The fourth-order valence-electron chi connectivity index (χ4n) is 2.31. The van der Waals surface area contributed by atoms with Gasteiger partial charge in [-0.05, 0) is 25.7 Å². The van der Waals surface area contributed by atoms with Crippen molar-refractivity contribution in [2.75, 3.05) is 6.54 Å². The summed E-state index contributed by atoms with van der Waals surface area (Å²) in [6.07, 6.45) is -0.426. The quantitative estimate of drug-likeness (QED) is 0.0711. The van der Waals surface area contributed by atoms with Crippen LogP contribution in [0.15, 0.2) is 4.99 Å². The molecular weight excluding hydrogens is 400 g/mol. The number of hydrogen-bond acceptors (Lipinski definition) is 7. The van der Waals surface area contributed by atoms with E-state index in [9.17, 15) is 24.0 Å². The molecular formula is C16H30N8O6. The summed E-state index contributed by atoms with van der Waals surface area (Å²) >= 11 is 0. The number of carboxylic acid groups (broad SMARTS) is 1. The van der Waals surface area contributed by atoms with Gasteiger partial charge in [0.15, 0.2) is 5.96 Å². The average Bonchev–Trinajstić information content (AvgIpc) is 2.64. The van der Waals surface area contributed by atoms with E-state index in [1.54, 1.807) is 0 Å². The summed E-state index contributed by atoms with van der Waals surface area (Å²) in [6, 6.07) is -3.50. The van der Waals surface area contributed by atoms with Crippen LogP contribution in [0.4, 0.5) is 0 Å². The second-order valence-corrected chi connectivity index (χ2v) is 6.52. The normalized spacial score (nSPS) is 13.4. The summed E-state index contributed by atoms with van der Waals surface area (Å²) < 4.78 is 0. The molecule has 0 aromatic heterocycles. The first kappa shape index (κ1) is 26.6. The molecule has 0 heterocycles. The molecule has 0 unspecified atom stereocenters. The lowest BCUT2D eigenvalue weighted by Crippen LogP contribution is -2.55. The molecule has 30 heavy (non-hydrogen) atoms. The second kappa shape index (κ2) is 13.7. The molecule has 0 aromatic rings. The number of rotatable bonds is 15. The molecule has 3 atom stereocenters. The van der Waals surface area contributed by atoms with Crippen LogP contribution in [0, 0.1) is 0 Å². The van der Waals surface area contributed by atoms with Gasteiger partial charge in [-0.1, -0.05) is 0 Å². The molecule has 0 spiro atoms. The maximum atomic E-state index is 12.5. The van der Waals surface area contributed by atoms with E-state index in [0.717, 1.165) is 0 Å². The van der Waals surface area contributed by atoms with Gasteiger partial charge in [-0.2, -0.15) is 0 Å². The molecule has 14 heteroatoms. The maximum absolute atomic E-state index is 12.5. The minimum Gasteiger partial charge on any atom is -0.481 e. The second-order valence-electron chi connectivity index (χ2n) is 6.52. The van der Waals surface area contributed by atoms with E-state index in [1.807, 2.05) is 0 Å². The Kier molecular flexibility index (Phi) is 12.1. The van der Waals surface area contributed by atoms with E-state index in [0.29, 0.717) is 6.42 Å². The molecule has 14 nitrogen and oxygen atoms in total. The van der Waals surface area contributed by atoms with Crippen LogP contribution in [-0.2, 0) is 24.0 Å². The van der Waals surface area contributed by atoms with E-state index >= 15 is 0 Å². The standard InChI is InChI=1S/C16H30N8O6/c17-8(2-1-7-22-16(20)21)14(29)24-10(4-6-12(26)27)15(30)23-9(13(19)28)3-5-11(18)25/h8-10H,1-7,17H2,(H2,18,25)(H2,19,28)(H,23,30)(H,24,29)(H,26,27)(H4,20,21,22)/t8-,9-,10-/m0/s1. The number of hydrogen-bond donors (Lipinski definition) is 8. The third kappa shape index (κ3) is 12.1. The van der Waals surface area contributed by atoms with Gasteiger partial charge in [0.1, 0.15) is 12.1 Å². The van der Waals surface area contributed by atoms with Crippen molar-refractivity contribution < 1.29 is 29.1 Å². The van der Waals surface area contributed by atoms with Crippen LogP contribution >= 0.6 is 0 Å². The van der Waals surface area contributed by atoms with Gasteiger partial charge in [0.05, 0.1) is 6.04 Å². The number of carbonyl (C=O) groups excluding carboxylic acids is 4. The number of aliphatic imine (C=N–C) groups is 1. The van der Waals surface area contributed by atoms with Crippen molar-refractivity contribution >= 4 is 35.6 Å². The number of nitrogens with one attached hydrogen (secondary N) is 2. The Balaban J connectivity index is 5.01. The fraction of sp³-hybridized carbons (Fsp3) is 0.625. The number of carbonyl (C=O) groups is 5. The first-order chi connectivity index (χ1) is 13.9. The Labute approximate surface area is 173 Å². The SMILES string of the molecule is NC(=O)CC[C@H](NC(=O)[C@H](CCC(=O)O)NC(=O)[C@@H](N)CCCN=C(N)N)C(N)=O. The van der Waals surface area contributed by atoms with Crippen LogP contribution in [0.3, 0.4) is 0 Å². The van der Waals surface area contributed by atoms with Gasteiger partial charge in [0, 0.05) is 19.4 Å². The van der Waals surface area contributed by atoms with Crippen LogP contribution in [0.5, 0.6) is 0 Å². The highest BCUT2D eigenvalue weighted by molar-refractivity contribution is 5.93. The summed E-state index contributed by atoms with van der Waals surface area (Å²) in [5.41, 5.74) is 26.4. The van der Waals surface area contributed by atoms with Gasteiger partial charge < -0.3 is 44.4 Å². The molecule has 0 aliphatic carbocycles. The number of guanidine groups is 1. The fourth-order valence-corrected chi connectivity index (χ4v) is 2.31. The lowest BCUT2D eigenvalue weighted by atomic mass is 10.1. The van der Waals surface area contributed by atoms with Gasteiger partial charge in [-0.25, -0.2) is 0 Å². The summed E-state index contributed by atoms with van der Waals surface area (Å²) in [5, 5.41) is 13.5. The maximum Gasteiger partial charge on any atom is 0.303 e. The number of amides is 4. The number of nitrogens with zero attached hydrogens (tertiary/aromatic N) is 1. The van der Waals surface area contributed by atoms with Crippen LogP contribution in [0.1, 0.15) is 38.5 Å². The summed E-state index contributed by atoms with van der Waals surface area (Å²) in [4.78, 5) is 61.7. The lowest BCUT2D eigenvalue weighted by Gasteiger charge is -2.22. The minimum atomic E-state index is -1.28. The zero-order valence-corrected chi connectivity index (χ0v) is 16.5. The van der Waals surface area contributed by atoms with E-state index < -0.39 is 54.1 Å². The number of primary amides is 2. The summed E-state index contributed by atoms with van der Waals surface area (Å²) in [7, 11) is 0. The number of aliphatic carboxylic acids is 1. The van der Waals surface area contributed by atoms with Crippen LogP contribution in [0.25, 0.3) is 0 Å². The van der Waals surface area contributed by atoms with Gasteiger partial charge in [0.2, 0.25) is 23.6 Å². The highest BCUT2D eigenvalue weighted by Crippen LogP contribution is 2.04. The first-order valence-corrected chi connectivity index (χ1v) is 9.15. The van der Waals surface area contributed by atoms with Crippen molar-refractivity contribution in [2.24, 2.45) is 33.7 Å². The molecule has 0 rings (SSSR count). The Bertz CT molecular complexity index is 664. The van der Waals surface area contributed by atoms with E-state index in [2.05, 4.69) is 15.6 Å². The van der Waals surface area contributed by atoms with Crippen molar-refractivity contribution in [2.45, 2.75) is 56.7 Å². The molecule has 0 aliphatic heterocycles. The Morgan fingerprint density at radius 2 is 1.40 bits per heavy atom. The van der Waals surface area contributed by atoms with Crippen molar-refractivity contribution in [3.8, 4) is 0 Å². The number of carboxylic acids is 1. The van der Waals surface area contributed by atoms with Crippen molar-refractivity contribution in [1.82, 2.24) is 10.6 Å². The lowest BCUT2D eigenvalue weighted by molar-refractivity contribution is -0.138. The van der Waals surface area contributed by atoms with Gasteiger partial charge in [-0.3, -0.25) is 29.0 Å². The molecule has 0 saturated carbocycles. The molecule has 170 valence electrons. The topological polar surface area (TPSA) is 272 Å². The molecule has 0 aromatic carbocycles. The number of nitrogens with two attached hydrogens (primary N) is 5. The zero-order chi connectivity index (χ0) is 23.3. The third-order valence-corrected chi connectivity index (χ3v) is 3.92. The van der Waals surface area contributed by atoms with Crippen LogP contribution in [0.2, 0.25) is 0 Å². The Morgan fingerprint density at radius 1 is 0.833 bits per heavy atom.